The van der Waals surface area contributed by atoms with Crippen LogP contribution in [0.3, 0.4) is 0 Å². The second kappa shape index (κ2) is 11.9. The van der Waals surface area contributed by atoms with Crippen molar-refractivity contribution < 1.29 is 32.2 Å². The van der Waals surface area contributed by atoms with Gasteiger partial charge in [-0.2, -0.15) is 0 Å². The van der Waals surface area contributed by atoms with Crippen LogP contribution in [0.25, 0.3) is 0 Å². The van der Waals surface area contributed by atoms with E-state index in [1.807, 2.05) is 13.8 Å². The molecule has 1 heterocycles. The molecule has 2 amide bonds. The first kappa shape index (κ1) is 27.7. The molecule has 1 aliphatic heterocycles. The number of halogens is 1. The lowest BCUT2D eigenvalue weighted by Crippen LogP contribution is -2.53. The average Bonchev–Trinajstić information content (AvgIpc) is 2.82. The molecule has 196 valence electrons. The van der Waals surface area contributed by atoms with Crippen LogP contribution in [-0.2, 0) is 19.6 Å². The number of hydrogen-bond donors (Lipinski definition) is 4. The van der Waals surface area contributed by atoms with Crippen molar-refractivity contribution in [2.75, 3.05) is 44.8 Å². The number of benzene rings is 2. The minimum absolute atomic E-state index is 0.0267. The molecule has 12 heteroatoms. The predicted molar refractivity (Wildman–Crippen MR) is 131 cm³/mol. The number of rotatable bonds is 10. The monoisotopic (exact) mass is 522 g/mol. The number of carbonyl (C=O) groups excluding carboxylic acids is 2. The average molecular weight is 523 g/mol. The van der Waals surface area contributed by atoms with Gasteiger partial charge >= 0.3 is 0 Å². The van der Waals surface area contributed by atoms with Crippen molar-refractivity contribution in [2.24, 2.45) is 0 Å². The molecule has 10 nitrogen and oxygen atoms in total. The molecule has 0 bridgehead atoms. The van der Waals surface area contributed by atoms with Gasteiger partial charge in [0.1, 0.15) is 11.9 Å². The van der Waals surface area contributed by atoms with E-state index >= 15 is 0 Å². The van der Waals surface area contributed by atoms with E-state index in [0.717, 1.165) is 25.2 Å². The van der Waals surface area contributed by atoms with Crippen molar-refractivity contribution in [3.63, 3.8) is 0 Å². The maximum atomic E-state index is 13.0. The van der Waals surface area contributed by atoms with E-state index in [2.05, 4.69) is 20.3 Å². The molecule has 0 unspecified atom stereocenters. The van der Waals surface area contributed by atoms with E-state index in [0.29, 0.717) is 19.8 Å². The quantitative estimate of drug-likeness (QED) is 0.365. The highest BCUT2D eigenvalue weighted by Crippen LogP contribution is 2.18. The Morgan fingerprint density at radius 2 is 1.69 bits per heavy atom. The molecule has 4 N–H and O–H groups in total. The highest BCUT2D eigenvalue weighted by Gasteiger charge is 2.29. The van der Waals surface area contributed by atoms with E-state index in [-0.39, 0.29) is 16.1 Å². The highest BCUT2D eigenvalue weighted by molar-refractivity contribution is 7.89. The molecule has 0 aromatic heterocycles. The smallest absolute Gasteiger partial charge is 0.251 e. The van der Waals surface area contributed by atoms with Crippen molar-refractivity contribution in [3.05, 3.63) is 59.9 Å². The molecular weight excluding hydrogens is 491 g/mol. The van der Waals surface area contributed by atoms with Gasteiger partial charge in [-0.15, -0.1) is 0 Å². The summed E-state index contributed by atoms with van der Waals surface area (Å²) in [7, 11) is -3.83. The number of amides is 2. The van der Waals surface area contributed by atoms with E-state index in [1.165, 1.54) is 36.4 Å². The van der Waals surface area contributed by atoms with Gasteiger partial charge in [-0.25, -0.2) is 17.5 Å². The molecule has 1 aliphatic rings. The van der Waals surface area contributed by atoms with Crippen LogP contribution in [-0.4, -0.2) is 81.3 Å². The minimum Gasteiger partial charge on any atom is -0.394 e. The molecule has 2 aromatic rings. The molecule has 2 aromatic carbocycles. The summed E-state index contributed by atoms with van der Waals surface area (Å²) in [5.41, 5.74) is -0.317. The van der Waals surface area contributed by atoms with Gasteiger partial charge in [-0.3, -0.25) is 14.5 Å². The fourth-order valence-electron chi connectivity index (χ4n) is 3.76. The lowest BCUT2D eigenvalue weighted by atomic mass is 10.1. The summed E-state index contributed by atoms with van der Waals surface area (Å²) in [4.78, 5) is 27.0. The Morgan fingerprint density at radius 1 is 1.08 bits per heavy atom. The Balaban J connectivity index is 1.59. The Labute approximate surface area is 209 Å². The second-order valence-electron chi connectivity index (χ2n) is 9.11. The van der Waals surface area contributed by atoms with Gasteiger partial charge in [0.05, 0.1) is 24.7 Å². The second-order valence-corrected chi connectivity index (χ2v) is 10.8. The van der Waals surface area contributed by atoms with Crippen molar-refractivity contribution in [1.82, 2.24) is 14.9 Å². The number of anilines is 1. The lowest BCUT2D eigenvalue weighted by Gasteiger charge is -2.35. The van der Waals surface area contributed by atoms with Crippen LogP contribution in [0.2, 0.25) is 0 Å². The third kappa shape index (κ3) is 7.80. The summed E-state index contributed by atoms with van der Waals surface area (Å²) in [5, 5.41) is 14.5. The molecule has 0 saturated carbocycles. The Kier molecular flexibility index (Phi) is 9.14. The fourth-order valence-corrected chi connectivity index (χ4v) is 5.16. The van der Waals surface area contributed by atoms with Crippen molar-refractivity contribution in [1.29, 1.82) is 0 Å². The van der Waals surface area contributed by atoms with Crippen LogP contribution in [0, 0.1) is 5.82 Å². The standard InChI is InChI=1S/C24H31FN4O6S/c1-24(2,16-29-11-13-35-14-12-29)28-36(33,34)20-9-7-19(8-10-20)26-23(32)21(15-30)27-22(31)17-3-5-18(25)6-4-17/h3-10,21,28,30H,11-16H2,1-2H3,(H,26,32)(H,27,31)/t21-/m0/s1. The third-order valence-electron chi connectivity index (χ3n) is 5.48. The zero-order chi connectivity index (χ0) is 26.3. The van der Waals surface area contributed by atoms with Gasteiger partial charge in [0, 0.05) is 36.4 Å². The molecule has 0 spiro atoms. The minimum atomic E-state index is -3.83. The third-order valence-corrected chi connectivity index (χ3v) is 7.19. The molecule has 1 fully saturated rings. The number of aliphatic hydroxyl groups excluding tert-OH is 1. The molecule has 1 atom stereocenters. The van der Waals surface area contributed by atoms with Crippen molar-refractivity contribution in [2.45, 2.75) is 30.3 Å². The molecule has 0 aliphatic carbocycles. The fraction of sp³-hybridized carbons (Fsp3) is 0.417. The zero-order valence-corrected chi connectivity index (χ0v) is 21.0. The number of sulfonamides is 1. The van der Waals surface area contributed by atoms with Crippen LogP contribution in [0.15, 0.2) is 53.4 Å². The van der Waals surface area contributed by atoms with Crippen LogP contribution in [0.5, 0.6) is 0 Å². The highest BCUT2D eigenvalue weighted by atomic mass is 32.2. The van der Waals surface area contributed by atoms with Crippen molar-refractivity contribution >= 4 is 27.5 Å². The first-order valence-corrected chi connectivity index (χ1v) is 12.9. The van der Waals surface area contributed by atoms with Gasteiger partial charge in [-0.05, 0) is 62.4 Å². The number of hydrogen-bond acceptors (Lipinski definition) is 7. The largest absolute Gasteiger partial charge is 0.394 e. The Hall–Kier alpha value is -2.90. The normalized spacial score (nSPS) is 15.8. The topological polar surface area (TPSA) is 137 Å². The van der Waals surface area contributed by atoms with Crippen LogP contribution >= 0.6 is 0 Å². The summed E-state index contributed by atoms with van der Waals surface area (Å²) in [6.07, 6.45) is 0. The van der Waals surface area contributed by atoms with E-state index in [4.69, 9.17) is 4.74 Å². The van der Waals surface area contributed by atoms with Crippen LogP contribution < -0.4 is 15.4 Å². The maximum Gasteiger partial charge on any atom is 0.251 e. The van der Waals surface area contributed by atoms with Gasteiger partial charge < -0.3 is 20.5 Å². The lowest BCUT2D eigenvalue weighted by molar-refractivity contribution is -0.118. The Bertz CT molecular complexity index is 1150. The molecule has 36 heavy (non-hydrogen) atoms. The van der Waals surface area contributed by atoms with E-state index in [9.17, 15) is 27.5 Å². The summed E-state index contributed by atoms with van der Waals surface area (Å²) in [6, 6.07) is 9.00. The number of ether oxygens (including phenoxy) is 1. The van der Waals surface area contributed by atoms with E-state index in [1.54, 1.807) is 0 Å². The summed E-state index contributed by atoms with van der Waals surface area (Å²) in [6.45, 7) is 6.17. The van der Waals surface area contributed by atoms with E-state index < -0.39 is 45.8 Å². The van der Waals surface area contributed by atoms with Gasteiger partial charge in [0.2, 0.25) is 15.9 Å². The first-order valence-electron chi connectivity index (χ1n) is 11.4. The van der Waals surface area contributed by atoms with Crippen LogP contribution in [0.4, 0.5) is 10.1 Å². The summed E-state index contributed by atoms with van der Waals surface area (Å²) >= 11 is 0. The number of aliphatic hydroxyl groups is 1. The number of morpholine rings is 1. The summed E-state index contributed by atoms with van der Waals surface area (Å²) < 4.78 is 46.9. The molecule has 1 saturated heterocycles. The predicted octanol–water partition coefficient (Wildman–Crippen LogP) is 0.944. The van der Waals surface area contributed by atoms with Gasteiger partial charge in [-0.1, -0.05) is 0 Å². The number of nitrogens with zero attached hydrogens (tertiary/aromatic N) is 1. The summed E-state index contributed by atoms with van der Waals surface area (Å²) in [5.74, 6) is -1.87. The molecule has 0 radical (unpaired) electrons. The number of nitrogens with one attached hydrogen (secondary N) is 3. The van der Waals surface area contributed by atoms with Crippen LogP contribution in [0.1, 0.15) is 24.2 Å². The van der Waals surface area contributed by atoms with Gasteiger partial charge in [0.25, 0.3) is 5.91 Å². The molecule has 3 rings (SSSR count). The SMILES string of the molecule is CC(C)(CN1CCOCC1)NS(=O)(=O)c1ccc(NC(=O)[C@H](CO)NC(=O)c2ccc(F)cc2)cc1. The number of carbonyl (C=O) groups is 2. The first-order chi connectivity index (χ1) is 17.0. The maximum absolute atomic E-state index is 13.0. The van der Waals surface area contributed by atoms with Crippen molar-refractivity contribution in [3.8, 4) is 0 Å². The Morgan fingerprint density at radius 3 is 2.28 bits per heavy atom. The zero-order valence-electron chi connectivity index (χ0n) is 20.2. The van der Waals surface area contributed by atoms with Gasteiger partial charge in [0.15, 0.2) is 0 Å². The molecular formula is C24H31FN4O6S.